The second-order valence-corrected chi connectivity index (χ2v) is 6.62. The molecular weight excluding hydrogens is 338 g/mol. The summed E-state index contributed by atoms with van der Waals surface area (Å²) >= 11 is 5.17. The highest BCUT2D eigenvalue weighted by molar-refractivity contribution is 9.10. The summed E-state index contributed by atoms with van der Waals surface area (Å²) in [7, 11) is 2.16. The van der Waals surface area contributed by atoms with Crippen LogP contribution in [0.15, 0.2) is 22.2 Å². The maximum absolute atomic E-state index is 4.63. The van der Waals surface area contributed by atoms with Crippen molar-refractivity contribution in [1.82, 2.24) is 19.9 Å². The topological polar surface area (TPSA) is 45.2 Å². The van der Waals surface area contributed by atoms with Gasteiger partial charge in [-0.05, 0) is 47.4 Å². The molecule has 106 valence electrons. The molecule has 20 heavy (non-hydrogen) atoms. The molecule has 1 aliphatic heterocycles. The fourth-order valence-electron chi connectivity index (χ4n) is 2.25. The van der Waals surface area contributed by atoms with Crippen LogP contribution in [0.3, 0.4) is 0 Å². The van der Waals surface area contributed by atoms with Gasteiger partial charge in [-0.3, -0.25) is 0 Å². The molecule has 2 aromatic rings. The summed E-state index contributed by atoms with van der Waals surface area (Å²) in [4.78, 5) is 18.9. The van der Waals surface area contributed by atoms with Crippen molar-refractivity contribution in [1.29, 1.82) is 0 Å². The van der Waals surface area contributed by atoms with Crippen LogP contribution in [0.4, 0.5) is 5.95 Å². The summed E-state index contributed by atoms with van der Waals surface area (Å²) in [6, 6.07) is 2.02. The minimum Gasteiger partial charge on any atom is -0.339 e. The number of rotatable bonds is 2. The zero-order chi connectivity index (χ0) is 13.9. The predicted octanol–water partition coefficient (Wildman–Crippen LogP) is 2.50. The summed E-state index contributed by atoms with van der Waals surface area (Å²) in [6.45, 7) is 4.14. The van der Waals surface area contributed by atoms with Crippen LogP contribution in [0, 0.1) is 0 Å². The van der Waals surface area contributed by atoms with Crippen molar-refractivity contribution in [2.24, 2.45) is 0 Å². The molecule has 0 aromatic carbocycles. The molecule has 0 bridgehead atoms. The number of halogens is 1. The van der Waals surface area contributed by atoms with Gasteiger partial charge in [0.25, 0.3) is 0 Å². The molecule has 0 N–H and O–H groups in total. The van der Waals surface area contributed by atoms with Crippen LogP contribution in [0.2, 0.25) is 0 Å². The second kappa shape index (κ2) is 6.15. The highest BCUT2D eigenvalue weighted by Crippen LogP contribution is 2.31. The Hall–Kier alpha value is -1.05. The summed E-state index contributed by atoms with van der Waals surface area (Å²) in [5.41, 5.74) is 0. The predicted molar refractivity (Wildman–Crippen MR) is 85.2 cm³/mol. The van der Waals surface area contributed by atoms with Crippen LogP contribution in [-0.2, 0) is 0 Å². The quantitative estimate of drug-likeness (QED) is 0.829. The van der Waals surface area contributed by atoms with Crippen molar-refractivity contribution in [3.05, 3.63) is 22.2 Å². The number of likely N-dealkylation sites (N-methyl/N-ethyl adjacent to an activating group) is 1. The first kappa shape index (κ1) is 13.9. The molecule has 0 saturated carbocycles. The molecular formula is C13H16BrN5S. The number of aromatic nitrogens is 3. The molecule has 0 atom stereocenters. The molecule has 2 aromatic heterocycles. The first-order chi connectivity index (χ1) is 9.74. The lowest BCUT2D eigenvalue weighted by Crippen LogP contribution is -2.30. The van der Waals surface area contributed by atoms with Crippen LogP contribution in [0.1, 0.15) is 6.42 Å². The summed E-state index contributed by atoms with van der Waals surface area (Å²) in [6.07, 6.45) is 2.75. The highest BCUT2D eigenvalue weighted by atomic mass is 79.9. The lowest BCUT2D eigenvalue weighted by Gasteiger charge is -2.20. The van der Waals surface area contributed by atoms with Crippen molar-refractivity contribution in [2.75, 3.05) is 38.1 Å². The summed E-state index contributed by atoms with van der Waals surface area (Å²) in [5.74, 6) is 1.53. The van der Waals surface area contributed by atoms with Crippen molar-refractivity contribution < 1.29 is 0 Å². The number of hydrogen-bond donors (Lipinski definition) is 0. The Labute approximate surface area is 130 Å². The van der Waals surface area contributed by atoms with Gasteiger partial charge in [-0.2, -0.15) is 4.98 Å². The first-order valence-corrected chi connectivity index (χ1v) is 8.27. The number of thiophene rings is 1. The van der Waals surface area contributed by atoms with Gasteiger partial charge in [0.05, 0.1) is 4.88 Å². The van der Waals surface area contributed by atoms with E-state index in [0.29, 0.717) is 0 Å². The lowest BCUT2D eigenvalue weighted by molar-refractivity contribution is 0.360. The van der Waals surface area contributed by atoms with E-state index in [2.05, 4.69) is 47.7 Å². The normalized spacial score (nSPS) is 17.2. The van der Waals surface area contributed by atoms with E-state index in [1.54, 1.807) is 17.7 Å². The number of anilines is 1. The third-order valence-corrected chi connectivity index (χ3v) is 5.22. The molecule has 0 spiro atoms. The van der Waals surface area contributed by atoms with Crippen LogP contribution in [0.25, 0.3) is 10.7 Å². The van der Waals surface area contributed by atoms with Gasteiger partial charge in [0.2, 0.25) is 5.95 Å². The Kier molecular flexibility index (Phi) is 4.28. The summed E-state index contributed by atoms with van der Waals surface area (Å²) in [5, 5.41) is 2.03. The maximum Gasteiger partial charge on any atom is 0.228 e. The van der Waals surface area contributed by atoms with Crippen molar-refractivity contribution in [2.45, 2.75) is 6.42 Å². The molecule has 7 heteroatoms. The highest BCUT2D eigenvalue weighted by Gasteiger charge is 2.16. The smallest absolute Gasteiger partial charge is 0.228 e. The third-order valence-electron chi connectivity index (χ3n) is 3.38. The monoisotopic (exact) mass is 353 g/mol. The van der Waals surface area contributed by atoms with Crippen molar-refractivity contribution in [3.8, 4) is 10.7 Å². The molecule has 1 fully saturated rings. The Morgan fingerprint density at radius 1 is 1.20 bits per heavy atom. The van der Waals surface area contributed by atoms with E-state index in [4.69, 9.17) is 0 Å². The van der Waals surface area contributed by atoms with Gasteiger partial charge in [0.15, 0.2) is 5.82 Å². The van der Waals surface area contributed by atoms with E-state index in [1.807, 2.05) is 11.4 Å². The van der Waals surface area contributed by atoms with Gasteiger partial charge < -0.3 is 9.80 Å². The van der Waals surface area contributed by atoms with Crippen LogP contribution >= 0.6 is 27.3 Å². The van der Waals surface area contributed by atoms with Gasteiger partial charge in [-0.15, -0.1) is 11.3 Å². The van der Waals surface area contributed by atoms with Crippen LogP contribution in [0.5, 0.6) is 0 Å². The fraction of sp³-hybridized carbons (Fsp3) is 0.462. The van der Waals surface area contributed by atoms with E-state index in [-0.39, 0.29) is 0 Å². The van der Waals surface area contributed by atoms with Gasteiger partial charge in [-0.1, -0.05) is 0 Å². The van der Waals surface area contributed by atoms with E-state index in [9.17, 15) is 0 Å². The molecule has 1 saturated heterocycles. The lowest BCUT2D eigenvalue weighted by atomic mass is 10.4. The molecule has 5 nitrogen and oxygen atoms in total. The molecule has 1 aliphatic rings. The SMILES string of the molecule is CN1CCCN(c2ncnc(-c3sccc3Br)n2)CC1. The van der Waals surface area contributed by atoms with Crippen molar-refractivity contribution >= 4 is 33.2 Å². The molecule has 0 amide bonds. The van der Waals surface area contributed by atoms with Gasteiger partial charge in [-0.25, -0.2) is 9.97 Å². The van der Waals surface area contributed by atoms with Crippen LogP contribution in [-0.4, -0.2) is 53.1 Å². The molecule has 3 heterocycles. The molecule has 0 radical (unpaired) electrons. The van der Waals surface area contributed by atoms with E-state index in [0.717, 1.165) is 53.7 Å². The average Bonchev–Trinajstić information content (AvgIpc) is 2.76. The molecule has 0 aliphatic carbocycles. The van der Waals surface area contributed by atoms with E-state index >= 15 is 0 Å². The van der Waals surface area contributed by atoms with E-state index < -0.39 is 0 Å². The standard InChI is InChI=1S/C13H16BrN5S/c1-18-4-2-5-19(7-6-18)13-16-9-15-12(17-13)11-10(14)3-8-20-11/h3,8-9H,2,4-7H2,1H3. The van der Waals surface area contributed by atoms with Crippen molar-refractivity contribution in [3.63, 3.8) is 0 Å². The zero-order valence-corrected chi connectivity index (χ0v) is 13.7. The summed E-state index contributed by atoms with van der Waals surface area (Å²) < 4.78 is 1.04. The van der Waals surface area contributed by atoms with Gasteiger partial charge in [0, 0.05) is 24.1 Å². The van der Waals surface area contributed by atoms with E-state index in [1.165, 1.54) is 0 Å². The molecule has 0 unspecified atom stereocenters. The minimum absolute atomic E-state index is 0.745. The largest absolute Gasteiger partial charge is 0.339 e. The Balaban J connectivity index is 1.86. The van der Waals surface area contributed by atoms with Crippen LogP contribution < -0.4 is 4.90 Å². The Morgan fingerprint density at radius 2 is 2.10 bits per heavy atom. The third kappa shape index (κ3) is 2.99. The second-order valence-electron chi connectivity index (χ2n) is 4.85. The maximum atomic E-state index is 4.63. The minimum atomic E-state index is 0.745. The number of nitrogens with zero attached hydrogens (tertiary/aromatic N) is 5. The Bertz CT molecular complexity index is 588. The first-order valence-electron chi connectivity index (χ1n) is 6.60. The van der Waals surface area contributed by atoms with Gasteiger partial charge in [0.1, 0.15) is 6.33 Å². The average molecular weight is 354 g/mol. The van der Waals surface area contributed by atoms with Gasteiger partial charge >= 0.3 is 0 Å². The number of hydrogen-bond acceptors (Lipinski definition) is 6. The fourth-order valence-corrected chi connectivity index (χ4v) is 3.74. The Morgan fingerprint density at radius 3 is 2.90 bits per heavy atom. The molecule has 3 rings (SSSR count). The zero-order valence-electron chi connectivity index (χ0n) is 11.3.